The lowest BCUT2D eigenvalue weighted by molar-refractivity contribution is 0.303. The molecule has 0 amide bonds. The zero-order chi connectivity index (χ0) is 19.2. The summed E-state index contributed by atoms with van der Waals surface area (Å²) in [5, 5.41) is 0.0421. The van der Waals surface area contributed by atoms with E-state index in [2.05, 4.69) is 19.1 Å². The van der Waals surface area contributed by atoms with Crippen LogP contribution in [0.25, 0.3) is 11.1 Å². The molecule has 0 saturated heterocycles. The highest BCUT2D eigenvalue weighted by Crippen LogP contribution is 2.39. The Morgan fingerprint density at radius 3 is 2.33 bits per heavy atom. The summed E-state index contributed by atoms with van der Waals surface area (Å²) in [4.78, 5) is 0. The van der Waals surface area contributed by atoms with Gasteiger partial charge in [-0.05, 0) is 60.8 Å². The van der Waals surface area contributed by atoms with E-state index >= 15 is 0 Å². The molecule has 0 radical (unpaired) electrons. The maximum atomic E-state index is 14.5. The van der Waals surface area contributed by atoms with Gasteiger partial charge in [0.2, 0.25) is 0 Å². The topological polar surface area (TPSA) is 9.23 Å². The zero-order valence-corrected chi connectivity index (χ0v) is 17.2. The van der Waals surface area contributed by atoms with Gasteiger partial charge in [0.25, 0.3) is 0 Å². The molecule has 0 aliphatic heterocycles. The maximum Gasteiger partial charge on any atom is 0.153 e. The lowest BCUT2D eigenvalue weighted by Gasteiger charge is -2.29. The molecule has 0 atom stereocenters. The predicted molar refractivity (Wildman–Crippen MR) is 112 cm³/mol. The highest BCUT2D eigenvalue weighted by atomic mass is 35.5. The minimum absolute atomic E-state index is 0.0421. The van der Waals surface area contributed by atoms with E-state index in [0.29, 0.717) is 17.2 Å². The summed E-state index contributed by atoms with van der Waals surface area (Å²) < 4.78 is 19.6. The van der Waals surface area contributed by atoms with Gasteiger partial charge in [0.1, 0.15) is 10.8 Å². The molecule has 1 aliphatic carbocycles. The summed E-state index contributed by atoms with van der Waals surface area (Å²) in [6.07, 6.45) is 10.7. The summed E-state index contributed by atoms with van der Waals surface area (Å²) in [5.41, 5.74) is 2.76. The van der Waals surface area contributed by atoms with Crippen molar-refractivity contribution in [1.82, 2.24) is 0 Å². The molecule has 146 valence electrons. The Balaban J connectivity index is 1.64. The lowest BCUT2D eigenvalue weighted by Crippen LogP contribution is -2.13. The third-order valence-electron chi connectivity index (χ3n) is 6.02. The summed E-state index contributed by atoms with van der Waals surface area (Å²) in [6, 6.07) is 11.8. The smallest absolute Gasteiger partial charge is 0.153 e. The van der Waals surface area contributed by atoms with E-state index in [0.717, 1.165) is 11.5 Å². The van der Waals surface area contributed by atoms with Crippen molar-refractivity contribution in [3.63, 3.8) is 0 Å². The van der Waals surface area contributed by atoms with Crippen LogP contribution in [0.3, 0.4) is 0 Å². The van der Waals surface area contributed by atoms with Crippen molar-refractivity contribution in [3.8, 4) is 16.9 Å². The van der Waals surface area contributed by atoms with E-state index in [4.69, 9.17) is 16.3 Å². The molecule has 0 bridgehead atoms. The fourth-order valence-electron chi connectivity index (χ4n) is 4.31. The van der Waals surface area contributed by atoms with Crippen LogP contribution in [-0.2, 0) is 0 Å². The molecule has 1 fully saturated rings. The molecule has 27 heavy (non-hydrogen) atoms. The number of unbranched alkanes of at least 4 members (excludes halogenated alkanes) is 2. The first-order valence-corrected chi connectivity index (χ1v) is 10.6. The Morgan fingerprint density at radius 2 is 1.70 bits per heavy atom. The van der Waals surface area contributed by atoms with Crippen molar-refractivity contribution in [3.05, 3.63) is 52.8 Å². The number of ether oxygens (including phenoxy) is 1. The first-order chi connectivity index (χ1) is 13.1. The van der Waals surface area contributed by atoms with Crippen molar-refractivity contribution in [2.45, 2.75) is 64.2 Å². The average Bonchev–Trinajstić information content (AvgIpc) is 2.71. The number of methoxy groups -OCH3 is 1. The molecule has 0 spiro atoms. The highest BCUT2D eigenvalue weighted by Gasteiger charge is 2.22. The lowest BCUT2D eigenvalue weighted by atomic mass is 9.77. The second-order valence-corrected chi connectivity index (χ2v) is 8.16. The van der Waals surface area contributed by atoms with Crippen LogP contribution in [0.1, 0.15) is 69.8 Å². The number of hydrogen-bond acceptors (Lipinski definition) is 1. The summed E-state index contributed by atoms with van der Waals surface area (Å²) in [6.45, 7) is 2.27. The third kappa shape index (κ3) is 4.85. The van der Waals surface area contributed by atoms with E-state index in [1.54, 1.807) is 12.1 Å². The molecule has 3 heteroatoms. The first kappa shape index (κ1) is 20.2. The Kier molecular flexibility index (Phi) is 7.18. The van der Waals surface area contributed by atoms with Crippen molar-refractivity contribution in [2.75, 3.05) is 7.11 Å². The Morgan fingerprint density at radius 1 is 1.00 bits per heavy atom. The van der Waals surface area contributed by atoms with Gasteiger partial charge in [0.05, 0.1) is 7.11 Å². The van der Waals surface area contributed by atoms with E-state index in [9.17, 15) is 4.39 Å². The Bertz CT molecular complexity index is 733. The average molecular weight is 389 g/mol. The summed E-state index contributed by atoms with van der Waals surface area (Å²) >= 11 is 6.06. The van der Waals surface area contributed by atoms with Gasteiger partial charge in [0.15, 0.2) is 5.82 Å². The van der Waals surface area contributed by atoms with Gasteiger partial charge in [-0.25, -0.2) is 4.39 Å². The number of halogens is 2. The van der Waals surface area contributed by atoms with Crippen molar-refractivity contribution >= 4 is 11.6 Å². The second kappa shape index (κ2) is 9.59. The van der Waals surface area contributed by atoms with Crippen molar-refractivity contribution < 1.29 is 9.13 Å². The van der Waals surface area contributed by atoms with E-state index in [1.807, 2.05) is 12.1 Å². The first-order valence-electron chi connectivity index (χ1n) is 10.3. The molecule has 0 unspecified atom stereocenters. The maximum absolute atomic E-state index is 14.5. The molecule has 0 heterocycles. The van der Waals surface area contributed by atoms with Crippen LogP contribution in [-0.4, -0.2) is 7.11 Å². The molecule has 3 rings (SSSR count). The standard InChI is InChI=1S/C24H30ClFO/c1-3-4-5-6-17-7-9-18(10-8-17)19-11-13-20(14-12-19)21-15-16-22(27-2)23(25)24(21)26/h11-18H,3-10H2,1-2H3. The molecule has 2 aromatic carbocycles. The fourth-order valence-corrected chi connectivity index (χ4v) is 4.56. The Hall–Kier alpha value is -1.54. The van der Waals surface area contributed by atoms with Crippen molar-refractivity contribution in [2.24, 2.45) is 5.92 Å². The van der Waals surface area contributed by atoms with Crippen molar-refractivity contribution in [1.29, 1.82) is 0 Å². The molecule has 1 aliphatic rings. The molecule has 2 aromatic rings. The number of benzene rings is 2. The minimum Gasteiger partial charge on any atom is -0.495 e. The van der Waals surface area contributed by atoms with Crippen LogP contribution < -0.4 is 4.74 Å². The van der Waals surface area contributed by atoms with E-state index < -0.39 is 5.82 Å². The van der Waals surface area contributed by atoms with E-state index in [-0.39, 0.29) is 5.02 Å². The van der Waals surface area contributed by atoms with Gasteiger partial charge in [-0.1, -0.05) is 68.5 Å². The van der Waals surface area contributed by atoms with Gasteiger partial charge in [-0.2, -0.15) is 0 Å². The third-order valence-corrected chi connectivity index (χ3v) is 6.37. The van der Waals surface area contributed by atoms with E-state index in [1.165, 1.54) is 64.0 Å². The monoisotopic (exact) mass is 388 g/mol. The molecule has 0 aromatic heterocycles. The van der Waals surface area contributed by atoms with Gasteiger partial charge < -0.3 is 4.74 Å². The normalized spacial score (nSPS) is 19.9. The van der Waals surface area contributed by atoms with Gasteiger partial charge in [0, 0.05) is 5.56 Å². The van der Waals surface area contributed by atoms with Crippen LogP contribution >= 0.6 is 11.6 Å². The fraction of sp³-hybridized carbons (Fsp3) is 0.500. The molecular weight excluding hydrogens is 359 g/mol. The second-order valence-electron chi connectivity index (χ2n) is 7.78. The quantitative estimate of drug-likeness (QED) is 0.436. The van der Waals surface area contributed by atoms with Gasteiger partial charge in [-0.3, -0.25) is 0 Å². The largest absolute Gasteiger partial charge is 0.495 e. The summed E-state index contributed by atoms with van der Waals surface area (Å²) in [5.74, 6) is 1.51. The molecule has 0 N–H and O–H groups in total. The predicted octanol–water partition coefficient (Wildman–Crippen LogP) is 8.01. The SMILES string of the molecule is CCCCCC1CCC(c2ccc(-c3ccc(OC)c(Cl)c3F)cc2)CC1. The minimum atomic E-state index is -0.420. The van der Waals surface area contributed by atoms with Gasteiger partial charge >= 0.3 is 0 Å². The molecular formula is C24H30ClFO. The van der Waals surface area contributed by atoms with Crippen LogP contribution in [0.15, 0.2) is 36.4 Å². The number of hydrogen-bond donors (Lipinski definition) is 0. The van der Waals surface area contributed by atoms with Crippen LogP contribution in [0.5, 0.6) is 5.75 Å². The highest BCUT2D eigenvalue weighted by molar-refractivity contribution is 6.32. The molecule has 1 saturated carbocycles. The zero-order valence-electron chi connectivity index (χ0n) is 16.4. The van der Waals surface area contributed by atoms with Gasteiger partial charge in [-0.15, -0.1) is 0 Å². The van der Waals surface area contributed by atoms with Crippen LogP contribution in [0, 0.1) is 11.7 Å². The number of rotatable bonds is 7. The van der Waals surface area contributed by atoms with Crippen LogP contribution in [0.2, 0.25) is 5.02 Å². The van der Waals surface area contributed by atoms with Crippen LogP contribution in [0.4, 0.5) is 4.39 Å². The molecule has 1 nitrogen and oxygen atoms in total. The Labute approximate surface area is 167 Å². The summed E-state index contributed by atoms with van der Waals surface area (Å²) in [7, 11) is 1.49.